The van der Waals surface area contributed by atoms with Crippen molar-refractivity contribution in [3.8, 4) is 11.4 Å². The van der Waals surface area contributed by atoms with E-state index in [4.69, 9.17) is 5.73 Å². The second-order valence-corrected chi connectivity index (χ2v) is 6.51. The monoisotopic (exact) mass is 395 g/mol. The third-order valence-electron chi connectivity index (χ3n) is 3.42. The fraction of sp³-hybridized carbons (Fsp3) is 0.188. The minimum absolute atomic E-state index is 0.202. The SMILES string of the molecule is CC(C)n1c(-c2cc(I)ccc2N)nc2cc(F)ccc21. The van der Waals surface area contributed by atoms with Gasteiger partial charge in [-0.15, -0.1) is 0 Å². The molecule has 0 unspecified atom stereocenters. The quantitative estimate of drug-likeness (QED) is 0.509. The van der Waals surface area contributed by atoms with Crippen LogP contribution in [-0.2, 0) is 0 Å². The summed E-state index contributed by atoms with van der Waals surface area (Å²) in [7, 11) is 0. The second-order valence-electron chi connectivity index (χ2n) is 5.26. The number of rotatable bonds is 2. The number of halogens is 2. The molecule has 0 spiro atoms. The van der Waals surface area contributed by atoms with Crippen molar-refractivity contribution in [3.63, 3.8) is 0 Å². The molecule has 3 aromatic rings. The van der Waals surface area contributed by atoms with Crippen molar-refractivity contribution in [3.05, 3.63) is 45.8 Å². The van der Waals surface area contributed by atoms with Crippen LogP contribution in [0.1, 0.15) is 19.9 Å². The Balaban J connectivity index is 2.36. The summed E-state index contributed by atoms with van der Waals surface area (Å²) in [5, 5.41) is 0. The summed E-state index contributed by atoms with van der Waals surface area (Å²) in [6.07, 6.45) is 0. The van der Waals surface area contributed by atoms with Gasteiger partial charge in [-0.3, -0.25) is 0 Å². The largest absolute Gasteiger partial charge is 0.398 e. The first-order chi connectivity index (χ1) is 9.97. The zero-order valence-electron chi connectivity index (χ0n) is 11.8. The van der Waals surface area contributed by atoms with E-state index in [9.17, 15) is 4.39 Å². The Morgan fingerprint density at radius 1 is 1.19 bits per heavy atom. The fourth-order valence-electron chi connectivity index (χ4n) is 2.51. The lowest BCUT2D eigenvalue weighted by Gasteiger charge is -2.14. The fourth-order valence-corrected chi connectivity index (χ4v) is 3.00. The van der Waals surface area contributed by atoms with Gasteiger partial charge in [-0.05, 0) is 66.8 Å². The third kappa shape index (κ3) is 2.50. The first-order valence-corrected chi connectivity index (χ1v) is 7.78. The van der Waals surface area contributed by atoms with E-state index < -0.39 is 0 Å². The first kappa shape index (κ1) is 14.3. The van der Waals surface area contributed by atoms with E-state index in [1.165, 1.54) is 12.1 Å². The van der Waals surface area contributed by atoms with E-state index in [0.29, 0.717) is 11.2 Å². The van der Waals surface area contributed by atoms with Crippen molar-refractivity contribution in [1.82, 2.24) is 9.55 Å². The Morgan fingerprint density at radius 3 is 2.67 bits per heavy atom. The molecule has 0 aliphatic carbocycles. The van der Waals surface area contributed by atoms with Gasteiger partial charge in [-0.25, -0.2) is 9.37 Å². The molecule has 0 radical (unpaired) electrons. The van der Waals surface area contributed by atoms with Gasteiger partial charge < -0.3 is 10.3 Å². The molecule has 0 bridgehead atoms. The van der Waals surface area contributed by atoms with Gasteiger partial charge in [0.1, 0.15) is 11.6 Å². The Morgan fingerprint density at radius 2 is 1.95 bits per heavy atom. The van der Waals surface area contributed by atoms with E-state index >= 15 is 0 Å². The van der Waals surface area contributed by atoms with Crippen LogP contribution in [0.15, 0.2) is 36.4 Å². The molecule has 108 valence electrons. The van der Waals surface area contributed by atoms with Crippen LogP contribution in [0.4, 0.5) is 10.1 Å². The van der Waals surface area contributed by atoms with Crippen LogP contribution < -0.4 is 5.73 Å². The predicted molar refractivity (Wildman–Crippen MR) is 92.6 cm³/mol. The Labute approximate surface area is 136 Å². The van der Waals surface area contributed by atoms with Crippen LogP contribution in [0.5, 0.6) is 0 Å². The smallest absolute Gasteiger partial charge is 0.143 e. The van der Waals surface area contributed by atoms with Gasteiger partial charge in [-0.1, -0.05) is 0 Å². The molecule has 0 saturated heterocycles. The molecule has 0 aliphatic rings. The molecule has 1 heterocycles. The van der Waals surface area contributed by atoms with E-state index in [0.717, 1.165) is 20.5 Å². The summed E-state index contributed by atoms with van der Waals surface area (Å²) < 4.78 is 16.6. The second kappa shape index (κ2) is 5.29. The van der Waals surface area contributed by atoms with Crippen LogP contribution in [0.3, 0.4) is 0 Å². The molecule has 2 aromatic carbocycles. The number of fused-ring (bicyclic) bond motifs is 1. The molecular formula is C16H15FIN3. The van der Waals surface area contributed by atoms with Crippen molar-refractivity contribution < 1.29 is 4.39 Å². The van der Waals surface area contributed by atoms with E-state index in [-0.39, 0.29) is 11.9 Å². The van der Waals surface area contributed by atoms with E-state index in [1.54, 1.807) is 6.07 Å². The van der Waals surface area contributed by atoms with Crippen molar-refractivity contribution in [1.29, 1.82) is 0 Å². The molecule has 0 amide bonds. The number of benzene rings is 2. The molecule has 1 aromatic heterocycles. The molecule has 0 aliphatic heterocycles. The van der Waals surface area contributed by atoms with Crippen LogP contribution in [0, 0.1) is 9.39 Å². The van der Waals surface area contributed by atoms with Crippen LogP contribution in [0.2, 0.25) is 0 Å². The highest BCUT2D eigenvalue weighted by Crippen LogP contribution is 2.32. The Hall–Kier alpha value is -1.63. The summed E-state index contributed by atoms with van der Waals surface area (Å²) in [5.41, 5.74) is 9.23. The number of nitrogens with zero attached hydrogens (tertiary/aromatic N) is 2. The van der Waals surface area contributed by atoms with Crippen molar-refractivity contribution in [2.45, 2.75) is 19.9 Å². The molecule has 5 heteroatoms. The lowest BCUT2D eigenvalue weighted by molar-refractivity contribution is 0.620. The van der Waals surface area contributed by atoms with Gasteiger partial charge >= 0.3 is 0 Å². The number of hydrogen-bond donors (Lipinski definition) is 1. The first-order valence-electron chi connectivity index (χ1n) is 6.70. The summed E-state index contributed by atoms with van der Waals surface area (Å²) in [5.74, 6) is 0.500. The maximum Gasteiger partial charge on any atom is 0.143 e. The molecule has 3 rings (SSSR count). The molecule has 21 heavy (non-hydrogen) atoms. The third-order valence-corrected chi connectivity index (χ3v) is 4.10. The highest BCUT2D eigenvalue weighted by Gasteiger charge is 2.17. The Kier molecular flexibility index (Phi) is 3.61. The highest BCUT2D eigenvalue weighted by atomic mass is 127. The number of hydrogen-bond acceptors (Lipinski definition) is 2. The summed E-state index contributed by atoms with van der Waals surface area (Å²) in [4.78, 5) is 4.61. The van der Waals surface area contributed by atoms with Gasteiger partial charge in [-0.2, -0.15) is 0 Å². The lowest BCUT2D eigenvalue weighted by Crippen LogP contribution is -2.04. The summed E-state index contributed by atoms with van der Waals surface area (Å²) in [6.45, 7) is 4.16. The van der Waals surface area contributed by atoms with Crippen molar-refractivity contribution in [2.24, 2.45) is 0 Å². The lowest BCUT2D eigenvalue weighted by atomic mass is 10.1. The molecule has 0 saturated carbocycles. The topological polar surface area (TPSA) is 43.8 Å². The zero-order valence-corrected chi connectivity index (χ0v) is 13.9. The minimum atomic E-state index is -0.280. The Bertz CT molecular complexity index is 824. The van der Waals surface area contributed by atoms with E-state index in [1.807, 2.05) is 18.2 Å². The average Bonchev–Trinajstić information content (AvgIpc) is 2.79. The summed E-state index contributed by atoms with van der Waals surface area (Å²) in [6, 6.07) is 10.7. The van der Waals surface area contributed by atoms with Crippen LogP contribution in [0.25, 0.3) is 22.4 Å². The normalized spacial score (nSPS) is 11.5. The minimum Gasteiger partial charge on any atom is -0.398 e. The summed E-state index contributed by atoms with van der Waals surface area (Å²) >= 11 is 2.25. The van der Waals surface area contributed by atoms with Crippen LogP contribution >= 0.6 is 22.6 Å². The highest BCUT2D eigenvalue weighted by molar-refractivity contribution is 14.1. The average molecular weight is 395 g/mol. The van der Waals surface area contributed by atoms with Crippen molar-refractivity contribution in [2.75, 3.05) is 5.73 Å². The molecule has 3 nitrogen and oxygen atoms in total. The maximum absolute atomic E-state index is 13.4. The number of aromatic nitrogens is 2. The predicted octanol–water partition coefficient (Wildman–Crippen LogP) is 4.61. The standard InChI is InChI=1S/C16H15FIN3/c1-9(2)21-15-6-3-10(17)7-14(15)20-16(21)12-8-11(18)4-5-13(12)19/h3-9H,19H2,1-2H3. The van der Waals surface area contributed by atoms with Gasteiger partial charge in [0.15, 0.2) is 0 Å². The molecule has 0 fully saturated rings. The number of nitrogen functional groups attached to an aromatic ring is 1. The van der Waals surface area contributed by atoms with Gasteiger partial charge in [0.25, 0.3) is 0 Å². The molecular weight excluding hydrogens is 380 g/mol. The van der Waals surface area contributed by atoms with Crippen molar-refractivity contribution >= 4 is 39.3 Å². The van der Waals surface area contributed by atoms with Gasteiger partial charge in [0.05, 0.1) is 11.0 Å². The van der Waals surface area contributed by atoms with Gasteiger partial charge in [0, 0.05) is 26.9 Å². The number of imidazole rings is 1. The number of nitrogens with two attached hydrogens (primary N) is 1. The maximum atomic E-state index is 13.4. The molecule has 0 atom stereocenters. The molecule has 2 N–H and O–H groups in total. The van der Waals surface area contributed by atoms with E-state index in [2.05, 4.69) is 46.0 Å². The van der Waals surface area contributed by atoms with Crippen LogP contribution in [-0.4, -0.2) is 9.55 Å². The number of anilines is 1. The van der Waals surface area contributed by atoms with Gasteiger partial charge in [0.2, 0.25) is 0 Å². The zero-order chi connectivity index (χ0) is 15.1.